The third-order valence-corrected chi connectivity index (χ3v) is 1.19. The minimum Gasteiger partial charge on any atom is -0.480 e. The van der Waals surface area contributed by atoms with Gasteiger partial charge in [0.25, 0.3) is 0 Å². The van der Waals surface area contributed by atoms with Crippen molar-refractivity contribution in [3.8, 4) is 0 Å². The molecule has 0 aromatic heterocycles. The summed E-state index contributed by atoms with van der Waals surface area (Å²) in [6.45, 7) is 0.261. The maximum Gasteiger partial charge on any atom is 0.329 e. The van der Waals surface area contributed by atoms with Crippen molar-refractivity contribution >= 4 is 24.8 Å². The highest BCUT2D eigenvalue weighted by Gasteiger charge is 2.11. The molecule has 0 rings (SSSR count). The number of nitrogens with two attached hydrogens (primary N) is 1. The highest BCUT2D eigenvalue weighted by molar-refractivity contribution is 7.80. The van der Waals surface area contributed by atoms with Crippen molar-refractivity contribution in [2.45, 2.75) is 6.04 Å². The van der Waals surface area contributed by atoms with Gasteiger partial charge in [0.1, 0.15) is 0 Å². The monoisotopic (exact) mass is 162 g/mol. The van der Waals surface area contributed by atoms with E-state index in [-0.39, 0.29) is 12.3 Å². The molecule has 0 heterocycles. The molecule has 0 aromatic rings. The molecule has 0 aromatic carbocycles. The minimum absolute atomic E-state index is 0.200. The summed E-state index contributed by atoms with van der Waals surface area (Å²) in [4.78, 5) is 13.9. The van der Waals surface area contributed by atoms with E-state index >= 15 is 0 Å². The fraction of sp³-hybridized carbons (Fsp3) is 0.600. The zero-order valence-corrected chi connectivity index (χ0v) is 6.29. The summed E-state index contributed by atoms with van der Waals surface area (Å²) >= 11 is 3.79. The third kappa shape index (κ3) is 3.47. The van der Waals surface area contributed by atoms with Crippen LogP contribution < -0.4 is 5.73 Å². The normalized spacial score (nSPS) is 13.8. The fourth-order valence-electron chi connectivity index (χ4n) is 0.377. The van der Waals surface area contributed by atoms with Crippen molar-refractivity contribution in [3.05, 3.63) is 0 Å². The molecule has 0 aliphatic rings. The van der Waals surface area contributed by atoms with Gasteiger partial charge in [-0.1, -0.05) is 0 Å². The number of aliphatic carboxylic acids is 1. The van der Waals surface area contributed by atoms with E-state index in [0.717, 1.165) is 0 Å². The van der Waals surface area contributed by atoms with Gasteiger partial charge in [-0.05, 0) is 0 Å². The maximum absolute atomic E-state index is 10.2. The van der Waals surface area contributed by atoms with E-state index in [1.807, 2.05) is 0 Å². The van der Waals surface area contributed by atoms with Crippen molar-refractivity contribution < 1.29 is 9.90 Å². The molecule has 3 N–H and O–H groups in total. The Kier molecular flexibility index (Phi) is 4.96. The van der Waals surface area contributed by atoms with E-state index in [1.165, 1.54) is 6.21 Å². The molecule has 5 heteroatoms. The van der Waals surface area contributed by atoms with Crippen LogP contribution in [0.5, 0.6) is 0 Å². The van der Waals surface area contributed by atoms with Gasteiger partial charge in [0.05, 0.1) is 0 Å². The molecule has 0 amide bonds. The molecule has 0 radical (unpaired) electrons. The lowest BCUT2D eigenvalue weighted by atomic mass is 10.4. The second-order valence-corrected chi connectivity index (χ2v) is 1.97. The summed E-state index contributed by atoms with van der Waals surface area (Å²) in [7, 11) is 0. The Morgan fingerprint density at radius 2 is 2.50 bits per heavy atom. The van der Waals surface area contributed by atoms with Crippen LogP contribution in [0.3, 0.4) is 0 Å². The standard InChI is InChI=1S/C5H10N2O2S/c6-1-2-7-4(3-10)5(8)9/h2,4,10H,1,3,6H2,(H,8,9)/t4-/m1/s1. The van der Waals surface area contributed by atoms with Crippen molar-refractivity contribution in [2.24, 2.45) is 10.7 Å². The number of hydrogen-bond acceptors (Lipinski definition) is 4. The van der Waals surface area contributed by atoms with Gasteiger partial charge in [0, 0.05) is 18.5 Å². The molecule has 0 unspecified atom stereocenters. The van der Waals surface area contributed by atoms with Crippen LogP contribution in [0, 0.1) is 0 Å². The topological polar surface area (TPSA) is 75.7 Å². The number of aliphatic imine (C=N–C) groups is 1. The van der Waals surface area contributed by atoms with Gasteiger partial charge in [-0.3, -0.25) is 4.99 Å². The van der Waals surface area contributed by atoms with Gasteiger partial charge < -0.3 is 10.8 Å². The first-order valence-corrected chi connectivity index (χ1v) is 3.41. The van der Waals surface area contributed by atoms with Crippen molar-refractivity contribution in [1.29, 1.82) is 0 Å². The molecule has 0 saturated heterocycles. The second kappa shape index (κ2) is 5.25. The number of rotatable bonds is 4. The molecule has 0 aliphatic carbocycles. The predicted molar refractivity (Wildman–Crippen MR) is 42.8 cm³/mol. The second-order valence-electron chi connectivity index (χ2n) is 1.60. The van der Waals surface area contributed by atoms with Crippen LogP contribution in [0.2, 0.25) is 0 Å². The van der Waals surface area contributed by atoms with Gasteiger partial charge in [-0.15, -0.1) is 0 Å². The van der Waals surface area contributed by atoms with E-state index < -0.39 is 12.0 Å². The summed E-state index contributed by atoms with van der Waals surface area (Å²) in [5.74, 6) is -0.772. The molecular formula is C5H10N2O2S. The lowest BCUT2D eigenvalue weighted by Crippen LogP contribution is -2.20. The molecule has 58 valence electrons. The largest absolute Gasteiger partial charge is 0.480 e. The lowest BCUT2D eigenvalue weighted by molar-refractivity contribution is -0.137. The molecule has 0 spiro atoms. The average molecular weight is 162 g/mol. The van der Waals surface area contributed by atoms with Crippen LogP contribution in [0.1, 0.15) is 0 Å². The highest BCUT2D eigenvalue weighted by Crippen LogP contribution is 1.92. The summed E-state index contributed by atoms with van der Waals surface area (Å²) < 4.78 is 0. The molecule has 1 atom stereocenters. The summed E-state index contributed by atoms with van der Waals surface area (Å²) in [5.41, 5.74) is 5.06. The molecule has 0 fully saturated rings. The molecule has 0 bridgehead atoms. The average Bonchev–Trinajstić information content (AvgIpc) is 1.89. The van der Waals surface area contributed by atoms with Crippen molar-refractivity contribution in [2.75, 3.05) is 12.3 Å². The predicted octanol–water partition coefficient (Wildman–Crippen LogP) is -0.601. The van der Waals surface area contributed by atoms with Crippen LogP contribution in [0.25, 0.3) is 0 Å². The van der Waals surface area contributed by atoms with Gasteiger partial charge in [0.15, 0.2) is 6.04 Å². The van der Waals surface area contributed by atoms with Crippen LogP contribution in [-0.2, 0) is 4.79 Å². The Morgan fingerprint density at radius 3 is 2.80 bits per heavy atom. The third-order valence-electron chi connectivity index (χ3n) is 0.849. The summed E-state index contributed by atoms with van der Waals surface area (Å²) in [6.07, 6.45) is 1.37. The molecule has 10 heavy (non-hydrogen) atoms. The number of thiol groups is 1. The smallest absolute Gasteiger partial charge is 0.329 e. The summed E-state index contributed by atoms with van der Waals surface area (Å²) in [6, 6.07) is -0.758. The highest BCUT2D eigenvalue weighted by atomic mass is 32.1. The molecule has 0 saturated carbocycles. The molecule has 4 nitrogen and oxygen atoms in total. The number of carboxylic acid groups (broad SMARTS) is 1. The Hall–Kier alpha value is -0.550. The lowest BCUT2D eigenvalue weighted by Gasteiger charge is -2.00. The number of hydrogen-bond donors (Lipinski definition) is 3. The number of carbonyl (C=O) groups is 1. The SMILES string of the molecule is NCC=N[C@H](CS)C(=O)O. The van der Waals surface area contributed by atoms with E-state index in [9.17, 15) is 4.79 Å². The molecular weight excluding hydrogens is 152 g/mol. The van der Waals surface area contributed by atoms with E-state index in [2.05, 4.69) is 17.6 Å². The van der Waals surface area contributed by atoms with Crippen LogP contribution in [0.15, 0.2) is 4.99 Å². The minimum atomic E-state index is -0.972. The Morgan fingerprint density at radius 1 is 1.90 bits per heavy atom. The molecule has 0 aliphatic heterocycles. The van der Waals surface area contributed by atoms with Gasteiger partial charge in [0.2, 0.25) is 0 Å². The Bertz CT molecular complexity index is 138. The first-order chi connectivity index (χ1) is 4.72. The Labute approximate surface area is 64.5 Å². The number of carboxylic acids is 1. The first kappa shape index (κ1) is 9.45. The van der Waals surface area contributed by atoms with Crippen LogP contribution in [-0.4, -0.2) is 35.6 Å². The first-order valence-electron chi connectivity index (χ1n) is 2.77. The fourth-order valence-corrected chi connectivity index (χ4v) is 0.628. The van der Waals surface area contributed by atoms with Gasteiger partial charge in [-0.2, -0.15) is 12.6 Å². The zero-order chi connectivity index (χ0) is 7.98. The van der Waals surface area contributed by atoms with E-state index in [1.54, 1.807) is 0 Å². The Balaban J connectivity index is 3.83. The van der Waals surface area contributed by atoms with E-state index in [4.69, 9.17) is 10.8 Å². The zero-order valence-electron chi connectivity index (χ0n) is 5.40. The van der Waals surface area contributed by atoms with Crippen molar-refractivity contribution in [3.63, 3.8) is 0 Å². The van der Waals surface area contributed by atoms with Gasteiger partial charge >= 0.3 is 5.97 Å². The quantitative estimate of drug-likeness (QED) is 0.381. The van der Waals surface area contributed by atoms with Crippen LogP contribution in [0.4, 0.5) is 0 Å². The summed E-state index contributed by atoms with van der Waals surface area (Å²) in [5, 5.41) is 8.40. The van der Waals surface area contributed by atoms with Crippen molar-refractivity contribution in [1.82, 2.24) is 0 Å². The maximum atomic E-state index is 10.2. The van der Waals surface area contributed by atoms with Crippen LogP contribution >= 0.6 is 12.6 Å². The number of nitrogens with zero attached hydrogens (tertiary/aromatic N) is 1. The van der Waals surface area contributed by atoms with E-state index in [0.29, 0.717) is 0 Å². The van der Waals surface area contributed by atoms with Gasteiger partial charge in [-0.25, -0.2) is 4.79 Å².